The number of fused-ring (bicyclic) bond motifs is 1. The zero-order chi connectivity index (χ0) is 18.8. The summed E-state index contributed by atoms with van der Waals surface area (Å²) in [5.74, 6) is -0.310. The van der Waals surface area contributed by atoms with Crippen LogP contribution < -0.4 is 14.5 Å². The van der Waals surface area contributed by atoms with Crippen molar-refractivity contribution < 1.29 is 18.7 Å². The number of carbonyl (C=O) groups is 2. The van der Waals surface area contributed by atoms with Gasteiger partial charge in [-0.3, -0.25) is 14.5 Å². The van der Waals surface area contributed by atoms with E-state index in [0.717, 1.165) is 0 Å². The minimum Gasteiger partial charge on any atom is -0.497 e. The minimum atomic E-state index is -0.668. The van der Waals surface area contributed by atoms with E-state index in [4.69, 9.17) is 4.74 Å². The zero-order valence-electron chi connectivity index (χ0n) is 15.0. The number of methoxy groups -OCH3 is 1. The van der Waals surface area contributed by atoms with Crippen LogP contribution in [-0.2, 0) is 4.79 Å². The molecule has 1 heterocycles. The van der Waals surface area contributed by atoms with Gasteiger partial charge in [-0.2, -0.15) is 0 Å². The normalized spacial score (nSPS) is 16.5. The van der Waals surface area contributed by atoms with Gasteiger partial charge in [0.2, 0.25) is 5.91 Å². The molecule has 136 valence electrons. The van der Waals surface area contributed by atoms with Crippen molar-refractivity contribution in [1.29, 1.82) is 0 Å². The van der Waals surface area contributed by atoms with Crippen LogP contribution in [0.1, 0.15) is 30.6 Å². The molecule has 26 heavy (non-hydrogen) atoms. The van der Waals surface area contributed by atoms with Crippen LogP contribution in [0, 0.1) is 5.82 Å². The fraction of sp³-hybridized carbons (Fsp3) is 0.300. The van der Waals surface area contributed by atoms with E-state index in [-0.39, 0.29) is 11.8 Å². The maximum atomic E-state index is 13.9. The molecule has 2 amide bonds. The molecule has 0 radical (unpaired) electrons. The molecule has 0 unspecified atom stereocenters. The van der Waals surface area contributed by atoms with Gasteiger partial charge in [-0.15, -0.1) is 0 Å². The lowest BCUT2D eigenvalue weighted by atomic mass is 10.0. The summed E-state index contributed by atoms with van der Waals surface area (Å²) in [6, 6.07) is 10.2. The Morgan fingerprint density at radius 2 is 1.81 bits per heavy atom. The molecule has 0 fully saturated rings. The number of likely N-dealkylation sites (N-methyl/N-ethyl adjacent to an activating group) is 1. The summed E-state index contributed by atoms with van der Waals surface area (Å²) in [4.78, 5) is 29.1. The van der Waals surface area contributed by atoms with Gasteiger partial charge in [-0.25, -0.2) is 4.39 Å². The standard InChI is InChI=1S/C20H21FN2O3/c1-4-16-20(25)22(5-2)17-11-8-14(21)12-18(17)23(16)19(24)13-6-9-15(26-3)10-7-13/h6-12,16H,4-5H2,1-3H3/t16-/m0/s1. The number of ether oxygens (including phenoxy) is 1. The molecule has 0 aromatic heterocycles. The molecule has 5 nitrogen and oxygen atoms in total. The van der Waals surface area contributed by atoms with Crippen LogP contribution in [0.25, 0.3) is 0 Å². The number of hydrogen-bond donors (Lipinski definition) is 0. The third-order valence-corrected chi connectivity index (χ3v) is 4.61. The Labute approximate surface area is 152 Å². The predicted molar refractivity (Wildman–Crippen MR) is 98.3 cm³/mol. The molecular weight excluding hydrogens is 335 g/mol. The lowest BCUT2D eigenvalue weighted by Crippen LogP contribution is -2.55. The number of hydrogen-bond acceptors (Lipinski definition) is 3. The largest absolute Gasteiger partial charge is 0.497 e. The van der Waals surface area contributed by atoms with E-state index in [1.807, 2.05) is 13.8 Å². The first-order valence-corrected chi connectivity index (χ1v) is 8.60. The molecule has 1 aliphatic heterocycles. The lowest BCUT2D eigenvalue weighted by Gasteiger charge is -2.41. The fourth-order valence-electron chi connectivity index (χ4n) is 3.30. The molecule has 0 aliphatic carbocycles. The Bertz CT molecular complexity index is 835. The summed E-state index contributed by atoms with van der Waals surface area (Å²) in [5, 5.41) is 0. The summed E-state index contributed by atoms with van der Waals surface area (Å²) in [6.07, 6.45) is 0.438. The van der Waals surface area contributed by atoms with Gasteiger partial charge in [0.1, 0.15) is 17.6 Å². The highest BCUT2D eigenvalue weighted by Crippen LogP contribution is 2.38. The average Bonchev–Trinajstić information content (AvgIpc) is 2.66. The van der Waals surface area contributed by atoms with Crippen molar-refractivity contribution in [2.75, 3.05) is 23.5 Å². The second-order valence-corrected chi connectivity index (χ2v) is 6.04. The van der Waals surface area contributed by atoms with Gasteiger partial charge in [0.05, 0.1) is 18.5 Å². The van der Waals surface area contributed by atoms with Gasteiger partial charge >= 0.3 is 0 Å². The summed E-state index contributed by atoms with van der Waals surface area (Å²) in [5.41, 5.74) is 1.38. The highest BCUT2D eigenvalue weighted by atomic mass is 19.1. The highest BCUT2D eigenvalue weighted by Gasteiger charge is 2.40. The summed E-state index contributed by atoms with van der Waals surface area (Å²) in [6.45, 7) is 4.16. The Hall–Kier alpha value is -2.89. The van der Waals surface area contributed by atoms with Crippen LogP contribution >= 0.6 is 0 Å². The van der Waals surface area contributed by atoms with Gasteiger partial charge in [0, 0.05) is 12.1 Å². The number of rotatable bonds is 4. The molecule has 0 spiro atoms. The van der Waals surface area contributed by atoms with Crippen molar-refractivity contribution in [2.24, 2.45) is 0 Å². The monoisotopic (exact) mass is 356 g/mol. The van der Waals surface area contributed by atoms with Crippen LogP contribution in [0.15, 0.2) is 42.5 Å². The van der Waals surface area contributed by atoms with Gasteiger partial charge in [0.25, 0.3) is 5.91 Å². The molecule has 0 saturated carbocycles. The number of benzene rings is 2. The smallest absolute Gasteiger partial charge is 0.259 e. The van der Waals surface area contributed by atoms with Crippen molar-refractivity contribution in [3.05, 3.63) is 53.8 Å². The number of halogens is 1. The van der Waals surface area contributed by atoms with Crippen LogP contribution in [0.4, 0.5) is 15.8 Å². The van der Waals surface area contributed by atoms with E-state index >= 15 is 0 Å². The van der Waals surface area contributed by atoms with Crippen molar-refractivity contribution in [2.45, 2.75) is 26.3 Å². The fourth-order valence-corrected chi connectivity index (χ4v) is 3.30. The maximum absolute atomic E-state index is 13.9. The maximum Gasteiger partial charge on any atom is 0.259 e. The molecule has 0 bridgehead atoms. The Morgan fingerprint density at radius 3 is 2.38 bits per heavy atom. The second-order valence-electron chi connectivity index (χ2n) is 6.04. The number of nitrogens with zero attached hydrogens (tertiary/aromatic N) is 2. The molecule has 3 rings (SSSR count). The zero-order valence-corrected chi connectivity index (χ0v) is 15.0. The third-order valence-electron chi connectivity index (χ3n) is 4.61. The van der Waals surface area contributed by atoms with Gasteiger partial charge in [-0.1, -0.05) is 6.92 Å². The van der Waals surface area contributed by atoms with Crippen molar-refractivity contribution in [1.82, 2.24) is 0 Å². The summed E-state index contributed by atoms with van der Waals surface area (Å²) < 4.78 is 19.1. The number of amides is 2. The van der Waals surface area contributed by atoms with Crippen LogP contribution in [0.3, 0.4) is 0 Å². The van der Waals surface area contributed by atoms with Gasteiger partial charge in [-0.05, 0) is 55.8 Å². The first-order chi connectivity index (χ1) is 12.5. The van der Waals surface area contributed by atoms with Crippen molar-refractivity contribution in [3.8, 4) is 5.75 Å². The SMILES string of the molecule is CC[C@H]1C(=O)N(CC)c2ccc(F)cc2N1C(=O)c1ccc(OC)cc1. The van der Waals surface area contributed by atoms with Gasteiger partial charge < -0.3 is 9.64 Å². The Balaban J connectivity index is 2.12. The summed E-state index contributed by atoms with van der Waals surface area (Å²) >= 11 is 0. The topological polar surface area (TPSA) is 49.9 Å². The Morgan fingerprint density at radius 1 is 1.12 bits per heavy atom. The highest BCUT2D eigenvalue weighted by molar-refractivity contribution is 6.17. The molecular formula is C20H21FN2O3. The van der Waals surface area contributed by atoms with Crippen LogP contribution in [-0.4, -0.2) is 31.5 Å². The molecule has 1 aliphatic rings. The van der Waals surface area contributed by atoms with Crippen LogP contribution in [0.2, 0.25) is 0 Å². The van der Waals surface area contributed by atoms with Gasteiger partial charge in [0.15, 0.2) is 0 Å². The van der Waals surface area contributed by atoms with E-state index in [1.165, 1.54) is 17.0 Å². The number of carbonyl (C=O) groups excluding carboxylic acids is 2. The molecule has 0 N–H and O–H groups in total. The lowest BCUT2D eigenvalue weighted by molar-refractivity contribution is -0.120. The average molecular weight is 356 g/mol. The number of anilines is 2. The minimum absolute atomic E-state index is 0.157. The summed E-state index contributed by atoms with van der Waals surface area (Å²) in [7, 11) is 1.55. The molecule has 1 atom stereocenters. The van der Waals surface area contributed by atoms with Crippen LogP contribution in [0.5, 0.6) is 5.75 Å². The quantitative estimate of drug-likeness (QED) is 0.841. The van der Waals surface area contributed by atoms with E-state index in [0.29, 0.717) is 35.7 Å². The molecule has 2 aromatic carbocycles. The van der Waals surface area contributed by atoms with Crippen molar-refractivity contribution in [3.63, 3.8) is 0 Å². The molecule has 2 aromatic rings. The predicted octanol–water partition coefficient (Wildman–Crippen LogP) is 3.63. The Kier molecular flexibility index (Phi) is 4.93. The van der Waals surface area contributed by atoms with Crippen molar-refractivity contribution >= 4 is 23.2 Å². The third kappa shape index (κ3) is 2.92. The molecule has 6 heteroatoms. The van der Waals surface area contributed by atoms with E-state index in [2.05, 4.69) is 0 Å². The second kappa shape index (κ2) is 7.15. The molecule has 0 saturated heterocycles. The van der Waals surface area contributed by atoms with E-state index in [1.54, 1.807) is 42.3 Å². The first kappa shape index (κ1) is 17.9. The first-order valence-electron chi connectivity index (χ1n) is 8.60. The van der Waals surface area contributed by atoms with E-state index in [9.17, 15) is 14.0 Å². The van der Waals surface area contributed by atoms with E-state index < -0.39 is 11.9 Å².